The second-order valence-electron chi connectivity index (χ2n) is 10.4. The van der Waals surface area contributed by atoms with Crippen molar-refractivity contribution in [2.75, 3.05) is 27.3 Å². The maximum Gasteiger partial charge on any atom is 0.238 e. The molecule has 4 rings (SSSR count). The molecule has 220 valence electrons. The second kappa shape index (κ2) is 14.7. The van der Waals surface area contributed by atoms with Crippen LogP contribution in [0.2, 0.25) is 0 Å². The topological polar surface area (TPSA) is 76.2 Å². The first-order chi connectivity index (χ1) is 19.8. The fourth-order valence-electron chi connectivity index (χ4n) is 5.19. The van der Waals surface area contributed by atoms with Crippen LogP contribution in [0.4, 0.5) is 0 Å². The molecule has 1 aromatic heterocycles. The van der Waals surface area contributed by atoms with Gasteiger partial charge < -0.3 is 14.4 Å². The molecule has 7 nitrogen and oxygen atoms in total. The lowest BCUT2D eigenvalue weighted by atomic mass is 9.95. The molecule has 1 aliphatic rings. The van der Waals surface area contributed by atoms with Crippen LogP contribution in [-0.4, -0.2) is 56.9 Å². The maximum absolute atomic E-state index is 13.9. The van der Waals surface area contributed by atoms with E-state index in [4.69, 9.17) is 9.47 Å². The summed E-state index contributed by atoms with van der Waals surface area (Å²) in [5.74, 6) is 1.09. The Labute approximate surface area is 248 Å². The van der Waals surface area contributed by atoms with E-state index in [0.29, 0.717) is 31.0 Å². The summed E-state index contributed by atoms with van der Waals surface area (Å²) in [6.07, 6.45) is 6.76. The van der Waals surface area contributed by atoms with Crippen LogP contribution in [0.15, 0.2) is 66.1 Å². The van der Waals surface area contributed by atoms with E-state index in [-0.39, 0.29) is 18.5 Å². The molecule has 0 atom stereocenters. The molecule has 1 heterocycles. The summed E-state index contributed by atoms with van der Waals surface area (Å²) < 4.78 is 39.6. The third-order valence-electron chi connectivity index (χ3n) is 7.45. The highest BCUT2D eigenvalue weighted by molar-refractivity contribution is 7.92. The number of thiophene rings is 1. The van der Waals surface area contributed by atoms with Crippen LogP contribution in [-0.2, 0) is 27.8 Å². The zero-order chi connectivity index (χ0) is 29.2. The highest BCUT2D eigenvalue weighted by Gasteiger charge is 2.32. The molecule has 1 saturated carbocycles. The molecule has 9 heteroatoms. The lowest BCUT2D eigenvalue weighted by Crippen LogP contribution is -2.47. The molecule has 1 amide bonds. The van der Waals surface area contributed by atoms with Crippen molar-refractivity contribution in [2.45, 2.75) is 58.0 Å². The molecule has 41 heavy (non-hydrogen) atoms. The second-order valence-corrected chi connectivity index (χ2v) is 13.5. The van der Waals surface area contributed by atoms with Crippen molar-refractivity contribution in [1.82, 2.24) is 9.21 Å². The molecule has 1 fully saturated rings. The number of sulfonamides is 1. The quantitative estimate of drug-likeness (QED) is 0.232. The molecule has 0 N–H and O–H groups in total. The van der Waals surface area contributed by atoms with Gasteiger partial charge in [0, 0.05) is 27.7 Å². The van der Waals surface area contributed by atoms with Gasteiger partial charge in [-0.15, -0.1) is 11.3 Å². The Morgan fingerprint density at radius 2 is 1.71 bits per heavy atom. The van der Waals surface area contributed by atoms with Gasteiger partial charge in [0.25, 0.3) is 0 Å². The van der Waals surface area contributed by atoms with Gasteiger partial charge in [0.1, 0.15) is 0 Å². The minimum atomic E-state index is -3.82. The van der Waals surface area contributed by atoms with Crippen molar-refractivity contribution in [3.63, 3.8) is 0 Å². The third kappa shape index (κ3) is 8.67. The number of carbonyl (C=O) groups is 1. The summed E-state index contributed by atoms with van der Waals surface area (Å²) >= 11 is 1.65. The van der Waals surface area contributed by atoms with E-state index >= 15 is 0 Å². The number of ether oxygens (including phenoxy) is 2. The number of nitrogens with zero attached hydrogens (tertiary/aromatic N) is 2. The van der Waals surface area contributed by atoms with Crippen LogP contribution in [0.1, 0.15) is 53.0 Å². The summed E-state index contributed by atoms with van der Waals surface area (Å²) in [5, 5.41) is 1.25. The Kier molecular flexibility index (Phi) is 11.0. The predicted octanol–water partition coefficient (Wildman–Crippen LogP) is 6.28. The van der Waals surface area contributed by atoms with E-state index in [9.17, 15) is 13.2 Å². The summed E-state index contributed by atoms with van der Waals surface area (Å²) in [6, 6.07) is 19.0. The van der Waals surface area contributed by atoms with Crippen molar-refractivity contribution in [2.24, 2.45) is 0 Å². The van der Waals surface area contributed by atoms with Crippen LogP contribution < -0.4 is 9.47 Å². The predicted molar refractivity (Wildman–Crippen MR) is 166 cm³/mol. The van der Waals surface area contributed by atoms with Gasteiger partial charge in [-0.3, -0.25) is 4.79 Å². The van der Waals surface area contributed by atoms with E-state index in [1.807, 2.05) is 67.6 Å². The first-order valence-electron chi connectivity index (χ1n) is 14.1. The Bertz CT molecular complexity index is 1410. The third-order valence-corrected chi connectivity index (χ3v) is 9.99. The van der Waals surface area contributed by atoms with Crippen LogP contribution in [0.3, 0.4) is 0 Å². The number of methoxy groups -OCH3 is 2. The number of rotatable bonds is 13. The smallest absolute Gasteiger partial charge is 0.238 e. The number of hydrogen-bond donors (Lipinski definition) is 0. The summed E-state index contributed by atoms with van der Waals surface area (Å²) in [4.78, 5) is 18.0. The molecule has 0 bridgehead atoms. The number of aryl methyl sites for hydroxylation is 1. The van der Waals surface area contributed by atoms with Crippen LogP contribution in [0, 0.1) is 6.92 Å². The van der Waals surface area contributed by atoms with E-state index in [0.717, 1.165) is 48.1 Å². The minimum absolute atomic E-state index is 0.178. The van der Waals surface area contributed by atoms with Crippen molar-refractivity contribution in [1.29, 1.82) is 0 Å². The molecule has 3 aromatic rings. The Morgan fingerprint density at radius 1 is 0.976 bits per heavy atom. The molecule has 0 unspecified atom stereocenters. The molecule has 1 aliphatic carbocycles. The highest BCUT2D eigenvalue weighted by Crippen LogP contribution is 2.29. The fraction of sp³-hybridized carbons (Fsp3) is 0.406. The fourth-order valence-corrected chi connectivity index (χ4v) is 7.49. The van der Waals surface area contributed by atoms with E-state index < -0.39 is 10.0 Å². The minimum Gasteiger partial charge on any atom is -0.493 e. The van der Waals surface area contributed by atoms with Crippen LogP contribution >= 0.6 is 11.3 Å². The van der Waals surface area contributed by atoms with Gasteiger partial charge in [-0.1, -0.05) is 55.7 Å². The summed E-state index contributed by atoms with van der Waals surface area (Å²) in [5.41, 5.74) is 1.81. The van der Waals surface area contributed by atoms with Gasteiger partial charge in [-0.25, -0.2) is 8.42 Å². The normalized spacial score (nSPS) is 14.4. The molecule has 0 radical (unpaired) electrons. The SMILES string of the molecule is COc1ccc(CCN(Cc2ccc(C)s2)C(=O)CN(C2CCCCC2)S(=O)(=O)C=Cc2ccccc2)cc1OC. The molecule has 0 aliphatic heterocycles. The molecule has 2 aromatic carbocycles. The first kappa shape index (κ1) is 30.8. The van der Waals surface area contributed by atoms with Crippen LogP contribution in [0.5, 0.6) is 11.5 Å². The summed E-state index contributed by atoms with van der Waals surface area (Å²) in [7, 11) is -0.624. The number of benzene rings is 2. The first-order valence-corrected chi connectivity index (χ1v) is 16.4. The zero-order valence-electron chi connectivity index (χ0n) is 24.1. The zero-order valence-corrected chi connectivity index (χ0v) is 25.8. The maximum atomic E-state index is 13.9. The van der Waals surface area contributed by atoms with Crippen molar-refractivity contribution < 1.29 is 22.7 Å². The Hall–Kier alpha value is -3.14. The number of carbonyl (C=O) groups excluding carboxylic acids is 1. The standard InChI is InChI=1S/C32H40N2O5S2/c1-25-14-16-29(40-25)23-33(20-18-27-15-17-30(38-2)31(22-27)39-3)32(35)24-34(28-12-8-5-9-13-28)41(36,37)21-19-26-10-6-4-7-11-26/h4,6-7,10-11,14-17,19,21-22,28H,5,8-9,12-13,18,20,23-24H2,1-3H3. The average Bonchev–Trinajstić information content (AvgIpc) is 3.41. The van der Waals surface area contributed by atoms with Gasteiger partial charge in [0.2, 0.25) is 15.9 Å². The molecule has 0 saturated heterocycles. The van der Waals surface area contributed by atoms with Crippen molar-refractivity contribution in [3.05, 3.63) is 87.0 Å². The molecule has 0 spiro atoms. The van der Waals surface area contributed by atoms with Gasteiger partial charge in [0.15, 0.2) is 11.5 Å². The van der Waals surface area contributed by atoms with Crippen LogP contribution in [0.25, 0.3) is 6.08 Å². The lowest BCUT2D eigenvalue weighted by Gasteiger charge is -2.33. The number of hydrogen-bond acceptors (Lipinski definition) is 6. The monoisotopic (exact) mass is 596 g/mol. The van der Waals surface area contributed by atoms with E-state index in [1.165, 1.54) is 14.6 Å². The lowest BCUT2D eigenvalue weighted by molar-refractivity contribution is -0.132. The van der Waals surface area contributed by atoms with Crippen molar-refractivity contribution >= 4 is 33.3 Å². The summed E-state index contributed by atoms with van der Waals surface area (Å²) in [6.45, 7) is 2.75. The van der Waals surface area contributed by atoms with Gasteiger partial charge in [-0.2, -0.15) is 4.31 Å². The van der Waals surface area contributed by atoms with Crippen molar-refractivity contribution in [3.8, 4) is 11.5 Å². The van der Waals surface area contributed by atoms with E-state index in [1.54, 1.807) is 36.5 Å². The molecular weight excluding hydrogens is 556 g/mol. The van der Waals surface area contributed by atoms with Gasteiger partial charge in [0.05, 0.1) is 27.3 Å². The molecular formula is C32H40N2O5S2. The Morgan fingerprint density at radius 3 is 2.37 bits per heavy atom. The highest BCUT2D eigenvalue weighted by atomic mass is 32.2. The Balaban J connectivity index is 1.57. The van der Waals surface area contributed by atoms with Gasteiger partial charge in [-0.05, 0) is 67.7 Å². The van der Waals surface area contributed by atoms with E-state index in [2.05, 4.69) is 0 Å². The van der Waals surface area contributed by atoms with Gasteiger partial charge >= 0.3 is 0 Å². The number of amides is 1. The largest absolute Gasteiger partial charge is 0.493 e. The average molecular weight is 597 g/mol.